The molecule has 1 atom stereocenters. The van der Waals surface area contributed by atoms with E-state index in [4.69, 9.17) is 13.7 Å². The summed E-state index contributed by atoms with van der Waals surface area (Å²) in [5.41, 5.74) is -1.89. The summed E-state index contributed by atoms with van der Waals surface area (Å²) < 4.78 is 16.6. The Balaban J connectivity index is 2.68. The normalized spacial score (nSPS) is 19.1. The van der Waals surface area contributed by atoms with E-state index in [0.29, 0.717) is 0 Å². The number of fused-ring (bicyclic) bond motifs is 1. The summed E-state index contributed by atoms with van der Waals surface area (Å²) in [5, 5.41) is 0.187. The highest BCUT2D eigenvalue weighted by molar-refractivity contribution is 7.94. The number of ether oxygens (including phenoxy) is 2. The number of esters is 2. The van der Waals surface area contributed by atoms with Gasteiger partial charge in [0.15, 0.2) is 0 Å². The molecule has 23 heavy (non-hydrogen) atoms. The van der Waals surface area contributed by atoms with Crippen LogP contribution in [-0.2, 0) is 24.2 Å². The number of carbonyl (C=O) groups excluding carboxylic acids is 2. The van der Waals surface area contributed by atoms with Crippen molar-refractivity contribution in [1.82, 2.24) is 4.57 Å². The number of nitrogens with zero attached hydrogens (tertiary/aromatic N) is 1. The lowest BCUT2D eigenvalue weighted by atomic mass is 10.1. The van der Waals surface area contributed by atoms with E-state index in [9.17, 15) is 14.4 Å². The van der Waals surface area contributed by atoms with E-state index in [1.54, 1.807) is 20.8 Å². The van der Waals surface area contributed by atoms with Crippen LogP contribution >= 0.6 is 12.0 Å². The highest BCUT2D eigenvalue weighted by Gasteiger charge is 2.52. The van der Waals surface area contributed by atoms with Crippen molar-refractivity contribution in [3.63, 3.8) is 0 Å². The van der Waals surface area contributed by atoms with Gasteiger partial charge in [-0.1, -0.05) is 6.58 Å². The maximum absolute atomic E-state index is 12.4. The lowest BCUT2D eigenvalue weighted by Crippen LogP contribution is -2.48. The van der Waals surface area contributed by atoms with Gasteiger partial charge in [0.25, 0.3) is 11.3 Å². The molecule has 0 aliphatic carbocycles. The molecule has 2 heterocycles. The Kier molecular flexibility index (Phi) is 4.96. The summed E-state index contributed by atoms with van der Waals surface area (Å²) in [6.45, 7) is 8.92. The molecule has 0 N–H and O–H groups in total. The maximum atomic E-state index is 12.4. The second-order valence-electron chi connectivity index (χ2n) is 4.76. The van der Waals surface area contributed by atoms with Crippen molar-refractivity contribution in [2.75, 3.05) is 13.2 Å². The van der Waals surface area contributed by atoms with Crippen LogP contribution in [0.2, 0.25) is 0 Å². The first-order valence-corrected chi connectivity index (χ1v) is 7.76. The fourth-order valence-electron chi connectivity index (χ4n) is 2.19. The van der Waals surface area contributed by atoms with Crippen molar-refractivity contribution < 1.29 is 23.2 Å². The molecule has 1 aromatic rings. The number of hydrogen-bond donors (Lipinski definition) is 0. The maximum Gasteiger partial charge on any atom is 0.366 e. The van der Waals surface area contributed by atoms with Gasteiger partial charge in [0.05, 0.1) is 30.8 Å². The SMILES string of the molecule is C=C(C)C1(C(=O)OCC)OSc2c(C(=O)OCC)ccc(=O)n21. The number of rotatable bonds is 5. The number of hydrogen-bond acceptors (Lipinski definition) is 7. The molecule has 0 amide bonds. The van der Waals surface area contributed by atoms with Gasteiger partial charge in [0, 0.05) is 6.07 Å². The van der Waals surface area contributed by atoms with Gasteiger partial charge in [-0.15, -0.1) is 0 Å². The van der Waals surface area contributed by atoms with Gasteiger partial charge in [0.1, 0.15) is 5.03 Å². The highest BCUT2D eigenvalue weighted by Crippen LogP contribution is 2.44. The van der Waals surface area contributed by atoms with Crippen LogP contribution in [0.3, 0.4) is 0 Å². The van der Waals surface area contributed by atoms with Crippen LogP contribution in [0.15, 0.2) is 34.1 Å². The zero-order valence-electron chi connectivity index (χ0n) is 13.1. The molecule has 0 radical (unpaired) electrons. The molecule has 7 nitrogen and oxygen atoms in total. The zero-order chi connectivity index (χ0) is 17.2. The summed E-state index contributed by atoms with van der Waals surface area (Å²) in [7, 11) is 0. The van der Waals surface area contributed by atoms with Crippen LogP contribution in [0.4, 0.5) is 0 Å². The molecule has 2 rings (SSSR count). The van der Waals surface area contributed by atoms with Crippen molar-refractivity contribution in [1.29, 1.82) is 0 Å². The first-order chi connectivity index (χ1) is 10.9. The molecule has 1 aromatic heterocycles. The summed E-state index contributed by atoms with van der Waals surface area (Å²) >= 11 is 0.753. The van der Waals surface area contributed by atoms with Gasteiger partial charge in [-0.2, -0.15) is 0 Å². The number of pyridine rings is 1. The van der Waals surface area contributed by atoms with Crippen molar-refractivity contribution in [3.8, 4) is 0 Å². The molecule has 124 valence electrons. The molecule has 0 saturated heterocycles. The highest BCUT2D eigenvalue weighted by atomic mass is 32.2. The Morgan fingerprint density at radius 1 is 1.30 bits per heavy atom. The zero-order valence-corrected chi connectivity index (χ0v) is 13.9. The topological polar surface area (TPSA) is 83.8 Å². The van der Waals surface area contributed by atoms with Crippen LogP contribution in [0.5, 0.6) is 0 Å². The first-order valence-electron chi connectivity index (χ1n) is 7.02. The predicted octanol–water partition coefficient (Wildman–Crippen LogP) is 1.85. The van der Waals surface area contributed by atoms with E-state index < -0.39 is 23.2 Å². The standard InChI is InChI=1S/C15H17NO6S/c1-5-20-13(18)10-7-8-11(17)16-12(10)23-22-15(16,9(3)4)14(19)21-6-2/h7-8H,3,5-6H2,1-2,4H3. The van der Waals surface area contributed by atoms with Crippen LogP contribution < -0.4 is 5.56 Å². The minimum atomic E-state index is -1.80. The lowest BCUT2D eigenvalue weighted by Gasteiger charge is -2.27. The first kappa shape index (κ1) is 17.3. The quantitative estimate of drug-likeness (QED) is 0.460. The van der Waals surface area contributed by atoms with E-state index in [0.717, 1.165) is 16.6 Å². The molecule has 0 aromatic carbocycles. The fourth-order valence-corrected chi connectivity index (χ4v) is 3.21. The third-order valence-corrected chi connectivity index (χ3v) is 4.11. The van der Waals surface area contributed by atoms with Gasteiger partial charge in [-0.05, 0) is 32.4 Å². The van der Waals surface area contributed by atoms with E-state index in [1.807, 2.05) is 0 Å². The Morgan fingerprint density at radius 2 is 1.96 bits per heavy atom. The van der Waals surface area contributed by atoms with Gasteiger partial charge in [0.2, 0.25) is 0 Å². The Labute approximate surface area is 137 Å². The van der Waals surface area contributed by atoms with E-state index in [1.165, 1.54) is 12.1 Å². The second-order valence-corrected chi connectivity index (χ2v) is 5.48. The molecular weight excluding hydrogens is 322 g/mol. The summed E-state index contributed by atoms with van der Waals surface area (Å²) in [5.74, 6) is -1.37. The molecule has 8 heteroatoms. The van der Waals surface area contributed by atoms with E-state index in [2.05, 4.69) is 6.58 Å². The van der Waals surface area contributed by atoms with Gasteiger partial charge < -0.3 is 9.47 Å². The second kappa shape index (κ2) is 6.59. The molecule has 1 aliphatic heterocycles. The number of aromatic nitrogens is 1. The van der Waals surface area contributed by atoms with Crippen LogP contribution in [0, 0.1) is 0 Å². The summed E-state index contributed by atoms with van der Waals surface area (Å²) in [6, 6.07) is 2.53. The van der Waals surface area contributed by atoms with Crippen LogP contribution in [0.1, 0.15) is 31.1 Å². The molecule has 0 spiro atoms. The van der Waals surface area contributed by atoms with E-state index >= 15 is 0 Å². The van der Waals surface area contributed by atoms with Crippen molar-refractivity contribution in [3.05, 3.63) is 40.2 Å². The molecule has 0 fully saturated rings. The van der Waals surface area contributed by atoms with Gasteiger partial charge in [-0.3, -0.25) is 13.5 Å². The van der Waals surface area contributed by atoms with Gasteiger partial charge >= 0.3 is 11.9 Å². The van der Waals surface area contributed by atoms with Crippen LogP contribution in [0.25, 0.3) is 0 Å². The third kappa shape index (κ3) is 2.68. The smallest absolute Gasteiger partial charge is 0.366 e. The lowest BCUT2D eigenvalue weighted by molar-refractivity contribution is -0.164. The van der Waals surface area contributed by atoms with Crippen molar-refractivity contribution in [2.45, 2.75) is 31.5 Å². The Bertz CT molecular complexity index is 725. The van der Waals surface area contributed by atoms with Crippen LogP contribution in [-0.4, -0.2) is 29.7 Å². The molecule has 0 bridgehead atoms. The molecular formula is C15H17NO6S. The monoisotopic (exact) mass is 339 g/mol. The number of carbonyl (C=O) groups is 2. The predicted molar refractivity (Wildman–Crippen MR) is 83.0 cm³/mol. The molecule has 1 unspecified atom stereocenters. The largest absolute Gasteiger partial charge is 0.462 e. The van der Waals surface area contributed by atoms with Crippen molar-refractivity contribution in [2.24, 2.45) is 0 Å². The minimum Gasteiger partial charge on any atom is -0.462 e. The Hall–Kier alpha value is -2.06. The fraction of sp³-hybridized carbons (Fsp3) is 0.400. The third-order valence-electron chi connectivity index (χ3n) is 3.23. The average molecular weight is 339 g/mol. The van der Waals surface area contributed by atoms with Gasteiger partial charge in [-0.25, -0.2) is 9.59 Å². The van der Waals surface area contributed by atoms with E-state index in [-0.39, 0.29) is 29.4 Å². The average Bonchev–Trinajstić information content (AvgIpc) is 2.90. The van der Waals surface area contributed by atoms with Crippen molar-refractivity contribution >= 4 is 24.0 Å². The molecule has 1 aliphatic rings. The molecule has 0 saturated carbocycles. The minimum absolute atomic E-state index is 0.115. The summed E-state index contributed by atoms with van der Waals surface area (Å²) in [6.07, 6.45) is 0. The summed E-state index contributed by atoms with van der Waals surface area (Å²) in [4.78, 5) is 36.8. The Morgan fingerprint density at radius 3 is 2.52 bits per heavy atom.